The minimum absolute atomic E-state index is 0.128. The maximum atomic E-state index is 9.96. The standard InChI is InChI=1S/C14H25N3O3/c1-11-14(19)13(12(10-18)8-16-11)9-15-4-6-20-7-5-17(2)3/h8,15,18-19H,4-7,9-10H2,1-3H3. The van der Waals surface area contributed by atoms with Gasteiger partial charge in [0.2, 0.25) is 0 Å². The minimum Gasteiger partial charge on any atom is -0.506 e. The number of nitrogens with zero attached hydrogens (tertiary/aromatic N) is 2. The van der Waals surface area contributed by atoms with Crippen LogP contribution in [0.2, 0.25) is 0 Å². The number of aliphatic hydroxyl groups excluding tert-OH is 1. The normalized spacial score (nSPS) is 11.2. The Morgan fingerprint density at radius 2 is 2.10 bits per heavy atom. The van der Waals surface area contributed by atoms with Gasteiger partial charge in [-0.05, 0) is 21.0 Å². The topological polar surface area (TPSA) is 77.9 Å². The van der Waals surface area contributed by atoms with Crippen molar-refractivity contribution in [2.45, 2.75) is 20.1 Å². The molecule has 0 amide bonds. The van der Waals surface area contributed by atoms with Gasteiger partial charge in [-0.15, -0.1) is 0 Å². The van der Waals surface area contributed by atoms with Crippen molar-refractivity contribution in [3.63, 3.8) is 0 Å². The number of rotatable bonds is 9. The summed E-state index contributed by atoms with van der Waals surface area (Å²) in [6.07, 6.45) is 1.60. The molecule has 0 bridgehead atoms. The lowest BCUT2D eigenvalue weighted by Crippen LogP contribution is -2.23. The molecule has 0 radical (unpaired) electrons. The van der Waals surface area contributed by atoms with Gasteiger partial charge in [-0.25, -0.2) is 0 Å². The molecule has 0 saturated heterocycles. The van der Waals surface area contributed by atoms with Crippen LogP contribution in [0.4, 0.5) is 0 Å². The van der Waals surface area contributed by atoms with Crippen molar-refractivity contribution in [1.82, 2.24) is 15.2 Å². The van der Waals surface area contributed by atoms with E-state index in [9.17, 15) is 10.2 Å². The molecule has 1 aromatic heterocycles. The number of aromatic nitrogens is 1. The highest BCUT2D eigenvalue weighted by molar-refractivity contribution is 5.40. The molecule has 0 aliphatic heterocycles. The SMILES string of the molecule is Cc1ncc(CO)c(CNCCOCCN(C)C)c1O. The van der Waals surface area contributed by atoms with Crippen molar-refractivity contribution >= 4 is 0 Å². The molecule has 0 aliphatic carbocycles. The van der Waals surface area contributed by atoms with Crippen LogP contribution in [0.3, 0.4) is 0 Å². The Kier molecular flexibility index (Phi) is 7.46. The quantitative estimate of drug-likeness (QED) is 0.564. The molecule has 0 unspecified atom stereocenters. The minimum atomic E-state index is -0.128. The Morgan fingerprint density at radius 3 is 2.75 bits per heavy atom. The third-order valence-electron chi connectivity index (χ3n) is 3.01. The fourth-order valence-corrected chi connectivity index (χ4v) is 1.72. The molecule has 0 saturated carbocycles. The number of nitrogens with one attached hydrogen (secondary N) is 1. The highest BCUT2D eigenvalue weighted by Gasteiger charge is 2.10. The van der Waals surface area contributed by atoms with Gasteiger partial charge in [0.05, 0.1) is 25.5 Å². The summed E-state index contributed by atoms with van der Waals surface area (Å²) in [6.45, 7) is 5.02. The van der Waals surface area contributed by atoms with Crippen LogP contribution in [0.1, 0.15) is 16.8 Å². The number of aromatic hydroxyl groups is 1. The monoisotopic (exact) mass is 283 g/mol. The molecular weight excluding hydrogens is 258 g/mol. The summed E-state index contributed by atoms with van der Waals surface area (Å²) in [5, 5.41) is 22.4. The summed E-state index contributed by atoms with van der Waals surface area (Å²) < 4.78 is 5.46. The van der Waals surface area contributed by atoms with Crippen LogP contribution in [-0.2, 0) is 17.9 Å². The zero-order chi connectivity index (χ0) is 15.0. The van der Waals surface area contributed by atoms with E-state index in [2.05, 4.69) is 15.2 Å². The molecule has 0 fully saturated rings. The second kappa shape index (κ2) is 8.86. The summed E-state index contributed by atoms with van der Waals surface area (Å²) in [6, 6.07) is 0. The van der Waals surface area contributed by atoms with Gasteiger partial charge in [-0.3, -0.25) is 4.98 Å². The number of hydrogen-bond donors (Lipinski definition) is 3. The Morgan fingerprint density at radius 1 is 1.35 bits per heavy atom. The van der Waals surface area contributed by atoms with Crippen LogP contribution in [0.25, 0.3) is 0 Å². The molecule has 0 aliphatic rings. The lowest BCUT2D eigenvalue weighted by molar-refractivity contribution is 0.119. The number of ether oxygens (including phenoxy) is 1. The van der Waals surface area contributed by atoms with Crippen molar-refractivity contribution in [2.75, 3.05) is 40.4 Å². The van der Waals surface area contributed by atoms with Crippen molar-refractivity contribution in [3.05, 3.63) is 23.0 Å². The van der Waals surface area contributed by atoms with Crippen LogP contribution in [0.5, 0.6) is 5.75 Å². The lowest BCUT2D eigenvalue weighted by atomic mass is 10.1. The van der Waals surface area contributed by atoms with Gasteiger partial charge >= 0.3 is 0 Å². The van der Waals surface area contributed by atoms with E-state index in [1.807, 2.05) is 14.1 Å². The first-order valence-corrected chi connectivity index (χ1v) is 6.76. The van der Waals surface area contributed by atoms with Gasteiger partial charge in [0.1, 0.15) is 5.75 Å². The second-order valence-corrected chi connectivity index (χ2v) is 4.95. The maximum Gasteiger partial charge on any atom is 0.141 e. The van der Waals surface area contributed by atoms with Gasteiger partial charge in [-0.1, -0.05) is 0 Å². The number of pyridine rings is 1. The largest absolute Gasteiger partial charge is 0.506 e. The Bertz CT molecular complexity index is 411. The third kappa shape index (κ3) is 5.42. The first-order chi connectivity index (χ1) is 9.56. The average Bonchev–Trinajstić information content (AvgIpc) is 2.42. The highest BCUT2D eigenvalue weighted by atomic mass is 16.5. The van der Waals surface area contributed by atoms with Crippen molar-refractivity contribution in [3.8, 4) is 5.75 Å². The smallest absolute Gasteiger partial charge is 0.141 e. The summed E-state index contributed by atoms with van der Waals surface area (Å²) in [5.74, 6) is 0.151. The van der Waals surface area contributed by atoms with E-state index < -0.39 is 0 Å². The van der Waals surface area contributed by atoms with E-state index in [0.29, 0.717) is 43.1 Å². The maximum absolute atomic E-state index is 9.96. The van der Waals surface area contributed by atoms with Crippen molar-refractivity contribution in [2.24, 2.45) is 0 Å². The van der Waals surface area contributed by atoms with Crippen molar-refractivity contribution < 1.29 is 14.9 Å². The van der Waals surface area contributed by atoms with Gasteiger partial charge in [-0.2, -0.15) is 0 Å². The van der Waals surface area contributed by atoms with Crippen LogP contribution < -0.4 is 5.32 Å². The number of likely N-dealkylation sites (N-methyl/N-ethyl adjacent to an activating group) is 1. The molecule has 1 aromatic rings. The molecule has 0 atom stereocenters. The molecule has 6 nitrogen and oxygen atoms in total. The van der Waals surface area contributed by atoms with Gasteiger partial charge in [0, 0.05) is 37.0 Å². The molecular formula is C14H25N3O3. The molecule has 0 aromatic carbocycles. The summed E-state index contributed by atoms with van der Waals surface area (Å²) >= 11 is 0. The Labute approximate surface area is 120 Å². The fraction of sp³-hybridized carbons (Fsp3) is 0.643. The number of hydrogen-bond acceptors (Lipinski definition) is 6. The van der Waals surface area contributed by atoms with Crippen molar-refractivity contribution in [1.29, 1.82) is 0 Å². The van der Waals surface area contributed by atoms with Gasteiger partial charge < -0.3 is 25.2 Å². The fourth-order valence-electron chi connectivity index (χ4n) is 1.72. The molecule has 3 N–H and O–H groups in total. The molecule has 0 spiro atoms. The summed E-state index contributed by atoms with van der Waals surface area (Å²) in [5.41, 5.74) is 1.92. The number of aliphatic hydroxyl groups is 1. The first-order valence-electron chi connectivity index (χ1n) is 6.76. The van der Waals surface area contributed by atoms with Crippen LogP contribution in [0, 0.1) is 6.92 Å². The van der Waals surface area contributed by atoms with Crippen LogP contribution in [0.15, 0.2) is 6.20 Å². The molecule has 114 valence electrons. The van der Waals surface area contributed by atoms with Crippen LogP contribution >= 0.6 is 0 Å². The molecule has 1 rings (SSSR count). The second-order valence-electron chi connectivity index (χ2n) is 4.95. The number of aryl methyl sites for hydroxylation is 1. The molecule has 6 heteroatoms. The zero-order valence-corrected chi connectivity index (χ0v) is 12.5. The highest BCUT2D eigenvalue weighted by Crippen LogP contribution is 2.23. The van der Waals surface area contributed by atoms with Gasteiger partial charge in [0.25, 0.3) is 0 Å². The first kappa shape index (κ1) is 16.8. The Balaban J connectivity index is 2.33. The molecule has 1 heterocycles. The van der Waals surface area contributed by atoms with Gasteiger partial charge in [0.15, 0.2) is 0 Å². The van der Waals surface area contributed by atoms with Crippen LogP contribution in [-0.4, -0.2) is 60.5 Å². The van der Waals surface area contributed by atoms with E-state index in [1.54, 1.807) is 13.1 Å². The van der Waals surface area contributed by atoms with E-state index in [4.69, 9.17) is 4.74 Å². The van der Waals surface area contributed by atoms with E-state index in [0.717, 1.165) is 6.54 Å². The summed E-state index contributed by atoms with van der Waals surface area (Å²) in [7, 11) is 4.01. The van der Waals surface area contributed by atoms with E-state index >= 15 is 0 Å². The third-order valence-corrected chi connectivity index (χ3v) is 3.01. The summed E-state index contributed by atoms with van der Waals surface area (Å²) in [4.78, 5) is 6.10. The van der Waals surface area contributed by atoms with E-state index in [-0.39, 0.29) is 12.4 Å². The van der Waals surface area contributed by atoms with E-state index in [1.165, 1.54) is 0 Å². The average molecular weight is 283 g/mol. The predicted octanol–water partition coefficient (Wildman–Crippen LogP) is 0.256. The molecule has 20 heavy (non-hydrogen) atoms. The zero-order valence-electron chi connectivity index (χ0n) is 12.5. The lowest BCUT2D eigenvalue weighted by Gasteiger charge is -2.13. The Hall–Kier alpha value is -1.21. The predicted molar refractivity (Wildman–Crippen MR) is 77.6 cm³/mol.